The molecule has 0 aromatic rings. The maximum absolute atomic E-state index is 12.1. The Bertz CT molecular complexity index is 405. The van der Waals surface area contributed by atoms with Gasteiger partial charge in [0.15, 0.2) is 5.11 Å². The van der Waals surface area contributed by atoms with E-state index >= 15 is 0 Å². The molecule has 2 saturated carbocycles. The number of fused-ring (bicyclic) bond motifs is 2. The molecule has 0 aromatic carbocycles. The molecule has 0 aliphatic heterocycles. The maximum atomic E-state index is 12.1. The summed E-state index contributed by atoms with van der Waals surface area (Å²) >= 11 is 5.52. The van der Waals surface area contributed by atoms with E-state index in [4.69, 9.17) is 12.2 Å². The third-order valence-corrected chi connectivity index (χ3v) is 4.94. The van der Waals surface area contributed by atoms with E-state index in [1.807, 2.05) is 32.6 Å². The van der Waals surface area contributed by atoms with Gasteiger partial charge < -0.3 is 15.5 Å². The van der Waals surface area contributed by atoms with Crippen molar-refractivity contribution in [2.45, 2.75) is 65.0 Å². The standard InChI is InChI=1S/C16H29N3OS/c1-5-19(10-14(20)18-16(2,3)4)15(21)17-13-9-11-6-7-12(13)8-11/h11-13H,5-10H2,1-4H3,(H,17,21)(H,18,20). The van der Waals surface area contributed by atoms with E-state index in [9.17, 15) is 4.79 Å². The van der Waals surface area contributed by atoms with Crippen molar-refractivity contribution in [1.82, 2.24) is 15.5 Å². The Kier molecular flexibility index (Phi) is 5.12. The highest BCUT2D eigenvalue weighted by Crippen LogP contribution is 2.44. The summed E-state index contributed by atoms with van der Waals surface area (Å²) < 4.78 is 0. The van der Waals surface area contributed by atoms with Gasteiger partial charge in [-0.05, 0) is 71.0 Å². The Balaban J connectivity index is 1.82. The molecule has 21 heavy (non-hydrogen) atoms. The van der Waals surface area contributed by atoms with Gasteiger partial charge in [-0.15, -0.1) is 0 Å². The minimum Gasteiger partial charge on any atom is -0.360 e. The van der Waals surface area contributed by atoms with Gasteiger partial charge in [0.2, 0.25) is 5.91 Å². The van der Waals surface area contributed by atoms with E-state index in [0.29, 0.717) is 12.6 Å². The van der Waals surface area contributed by atoms with Crippen LogP contribution in [0.15, 0.2) is 0 Å². The molecule has 2 aliphatic carbocycles. The number of nitrogens with zero attached hydrogens (tertiary/aromatic N) is 1. The summed E-state index contributed by atoms with van der Waals surface area (Å²) in [5.74, 6) is 1.71. The first-order valence-corrected chi connectivity index (χ1v) is 8.55. The number of carbonyl (C=O) groups is 1. The Morgan fingerprint density at radius 1 is 1.29 bits per heavy atom. The largest absolute Gasteiger partial charge is 0.360 e. The molecule has 0 aromatic heterocycles. The first kappa shape index (κ1) is 16.5. The second kappa shape index (κ2) is 6.51. The maximum Gasteiger partial charge on any atom is 0.240 e. The Labute approximate surface area is 134 Å². The first-order valence-electron chi connectivity index (χ1n) is 8.15. The van der Waals surface area contributed by atoms with E-state index < -0.39 is 0 Å². The van der Waals surface area contributed by atoms with Crippen LogP contribution in [0.2, 0.25) is 0 Å². The van der Waals surface area contributed by atoms with Gasteiger partial charge in [-0.25, -0.2) is 0 Å². The van der Waals surface area contributed by atoms with E-state index in [1.54, 1.807) is 0 Å². The second-order valence-corrected chi connectivity index (χ2v) is 7.93. The molecule has 2 fully saturated rings. The third kappa shape index (κ3) is 4.56. The molecule has 3 atom stereocenters. The molecule has 0 spiro atoms. The van der Waals surface area contributed by atoms with Gasteiger partial charge in [-0.1, -0.05) is 6.42 Å². The smallest absolute Gasteiger partial charge is 0.240 e. The van der Waals surface area contributed by atoms with Crippen molar-refractivity contribution in [2.75, 3.05) is 13.1 Å². The summed E-state index contributed by atoms with van der Waals surface area (Å²) in [5.41, 5.74) is -0.198. The molecule has 2 rings (SSSR count). The van der Waals surface area contributed by atoms with Crippen LogP contribution in [0.1, 0.15) is 53.4 Å². The summed E-state index contributed by atoms with van der Waals surface area (Å²) in [5, 5.41) is 7.23. The fraction of sp³-hybridized carbons (Fsp3) is 0.875. The quantitative estimate of drug-likeness (QED) is 0.782. The summed E-state index contributed by atoms with van der Waals surface area (Å²) in [6, 6.07) is 0.524. The molecule has 3 unspecified atom stereocenters. The zero-order chi connectivity index (χ0) is 15.6. The molecule has 120 valence electrons. The average molecular weight is 311 g/mol. The highest BCUT2D eigenvalue weighted by Gasteiger charge is 2.40. The lowest BCUT2D eigenvalue weighted by Crippen LogP contribution is -2.51. The van der Waals surface area contributed by atoms with Crippen LogP contribution < -0.4 is 10.6 Å². The first-order chi connectivity index (χ1) is 9.78. The molecule has 1 amide bonds. The van der Waals surface area contributed by atoms with Gasteiger partial charge in [0.1, 0.15) is 0 Å². The molecule has 2 aliphatic rings. The van der Waals surface area contributed by atoms with Crippen molar-refractivity contribution in [3.63, 3.8) is 0 Å². The summed E-state index contributed by atoms with van der Waals surface area (Å²) in [7, 11) is 0. The van der Waals surface area contributed by atoms with E-state index in [2.05, 4.69) is 10.6 Å². The fourth-order valence-electron chi connectivity index (χ4n) is 3.63. The van der Waals surface area contributed by atoms with Crippen LogP contribution in [0.25, 0.3) is 0 Å². The molecule has 0 radical (unpaired) electrons. The minimum absolute atomic E-state index is 0.0291. The molecule has 4 nitrogen and oxygen atoms in total. The predicted octanol–water partition coefficient (Wildman–Crippen LogP) is 2.29. The van der Waals surface area contributed by atoms with Gasteiger partial charge >= 0.3 is 0 Å². The van der Waals surface area contributed by atoms with E-state index in [0.717, 1.165) is 23.5 Å². The van der Waals surface area contributed by atoms with Crippen molar-refractivity contribution in [1.29, 1.82) is 0 Å². The summed E-state index contributed by atoms with van der Waals surface area (Å²) in [4.78, 5) is 14.0. The molecule has 0 heterocycles. The Hall–Kier alpha value is -0.840. The summed E-state index contributed by atoms with van der Waals surface area (Å²) in [6.45, 7) is 9.11. The van der Waals surface area contributed by atoms with Gasteiger partial charge in [0.05, 0.1) is 6.54 Å². The van der Waals surface area contributed by atoms with Gasteiger partial charge in [-0.3, -0.25) is 4.79 Å². The van der Waals surface area contributed by atoms with Crippen molar-refractivity contribution in [3.05, 3.63) is 0 Å². The summed E-state index contributed by atoms with van der Waals surface area (Å²) in [6.07, 6.45) is 5.33. The average Bonchev–Trinajstić information content (AvgIpc) is 2.95. The van der Waals surface area contributed by atoms with Crippen LogP contribution in [0.4, 0.5) is 0 Å². The lowest BCUT2D eigenvalue weighted by atomic mass is 9.95. The molecule has 0 saturated heterocycles. The molecule has 2 N–H and O–H groups in total. The van der Waals surface area contributed by atoms with Crippen LogP contribution >= 0.6 is 12.2 Å². The van der Waals surface area contributed by atoms with Crippen LogP contribution in [0, 0.1) is 11.8 Å². The number of hydrogen-bond donors (Lipinski definition) is 2. The molecule has 2 bridgehead atoms. The van der Waals surface area contributed by atoms with E-state index in [1.165, 1.54) is 25.7 Å². The number of amides is 1. The van der Waals surface area contributed by atoms with Gasteiger partial charge in [-0.2, -0.15) is 0 Å². The number of nitrogens with one attached hydrogen (secondary N) is 2. The fourth-order valence-corrected chi connectivity index (χ4v) is 3.97. The van der Waals surface area contributed by atoms with Crippen LogP contribution in [-0.4, -0.2) is 40.6 Å². The van der Waals surface area contributed by atoms with E-state index in [-0.39, 0.29) is 11.4 Å². The lowest BCUT2D eigenvalue weighted by Gasteiger charge is -2.31. The highest BCUT2D eigenvalue weighted by atomic mass is 32.1. The van der Waals surface area contributed by atoms with Crippen molar-refractivity contribution in [3.8, 4) is 0 Å². The third-order valence-electron chi connectivity index (χ3n) is 4.56. The Morgan fingerprint density at radius 2 is 2.00 bits per heavy atom. The minimum atomic E-state index is -0.198. The Morgan fingerprint density at radius 3 is 2.48 bits per heavy atom. The van der Waals surface area contributed by atoms with Crippen LogP contribution in [0.5, 0.6) is 0 Å². The van der Waals surface area contributed by atoms with Gasteiger partial charge in [0, 0.05) is 18.1 Å². The predicted molar refractivity (Wildman–Crippen MR) is 90.1 cm³/mol. The van der Waals surface area contributed by atoms with Crippen LogP contribution in [-0.2, 0) is 4.79 Å². The molecule has 5 heteroatoms. The zero-order valence-electron chi connectivity index (χ0n) is 13.7. The number of carbonyl (C=O) groups excluding carboxylic acids is 1. The highest BCUT2D eigenvalue weighted by molar-refractivity contribution is 7.80. The zero-order valence-corrected chi connectivity index (χ0v) is 14.6. The topological polar surface area (TPSA) is 44.4 Å². The normalized spacial score (nSPS) is 27.5. The SMILES string of the molecule is CCN(CC(=O)NC(C)(C)C)C(=S)NC1CC2CCC1C2. The number of rotatable bonds is 4. The van der Waals surface area contributed by atoms with Gasteiger partial charge in [0.25, 0.3) is 0 Å². The number of likely N-dealkylation sites (N-methyl/N-ethyl adjacent to an activating group) is 1. The monoisotopic (exact) mass is 311 g/mol. The van der Waals surface area contributed by atoms with Crippen molar-refractivity contribution < 1.29 is 4.79 Å². The van der Waals surface area contributed by atoms with Crippen molar-refractivity contribution >= 4 is 23.2 Å². The number of thiocarbonyl (C=S) groups is 1. The van der Waals surface area contributed by atoms with Crippen LogP contribution in [0.3, 0.4) is 0 Å². The second-order valence-electron chi connectivity index (χ2n) is 7.54. The molecular formula is C16H29N3OS. The molecular weight excluding hydrogens is 282 g/mol. The van der Waals surface area contributed by atoms with Crippen molar-refractivity contribution in [2.24, 2.45) is 11.8 Å². The lowest BCUT2D eigenvalue weighted by molar-refractivity contribution is -0.122. The number of hydrogen-bond acceptors (Lipinski definition) is 2.